The molecule has 0 aromatic carbocycles. The first-order valence-corrected chi connectivity index (χ1v) is 5.03. The Balaban J connectivity index is 2.25. The topological polar surface area (TPSA) is 41.6 Å². The summed E-state index contributed by atoms with van der Waals surface area (Å²) in [5, 5.41) is 0. The van der Waals surface area contributed by atoms with Gasteiger partial charge in [0.1, 0.15) is 5.82 Å². The van der Waals surface area contributed by atoms with Gasteiger partial charge in [0, 0.05) is 16.2 Å². The molecule has 1 N–H and O–H groups in total. The van der Waals surface area contributed by atoms with E-state index in [0.717, 1.165) is 27.0 Å². The largest absolute Gasteiger partial charge is 0.336 e. The van der Waals surface area contributed by atoms with E-state index in [4.69, 9.17) is 0 Å². The quantitative estimate of drug-likeness (QED) is 0.842. The molecule has 0 bridgehead atoms. The lowest BCUT2D eigenvalue weighted by Crippen LogP contribution is -1.87. The zero-order chi connectivity index (χ0) is 9.54. The fourth-order valence-electron chi connectivity index (χ4n) is 1.37. The molecule has 0 atom stereocenters. The Morgan fingerprint density at radius 1 is 1.36 bits per heavy atom. The van der Waals surface area contributed by atoms with Crippen LogP contribution in [0.15, 0.2) is 35.0 Å². The maximum atomic E-state index is 4.38. The number of hydrogen-bond donors (Lipinski definition) is 1. The second-order valence-electron chi connectivity index (χ2n) is 3.06. The number of aromatic nitrogens is 3. The van der Waals surface area contributed by atoms with Crippen LogP contribution in [-0.2, 0) is 0 Å². The van der Waals surface area contributed by atoms with Gasteiger partial charge in [-0.1, -0.05) is 18.2 Å². The third-order valence-electron chi connectivity index (χ3n) is 2.17. The molecule has 3 rings (SSSR count). The first-order chi connectivity index (χ1) is 6.84. The smallest absolute Gasteiger partial charge is 0.179 e. The van der Waals surface area contributed by atoms with Crippen LogP contribution in [0.1, 0.15) is 5.82 Å². The van der Waals surface area contributed by atoms with Gasteiger partial charge in [0.05, 0.1) is 5.52 Å². The number of aromatic amines is 1. The Morgan fingerprint density at radius 2 is 2.21 bits per heavy atom. The molecule has 14 heavy (non-hydrogen) atoms. The number of pyridine rings is 1. The molecule has 0 spiro atoms. The molecular weight excluding hydrogens is 242 g/mol. The second-order valence-corrected chi connectivity index (χ2v) is 3.91. The van der Waals surface area contributed by atoms with E-state index in [1.165, 1.54) is 0 Å². The van der Waals surface area contributed by atoms with E-state index in [0.29, 0.717) is 0 Å². The minimum Gasteiger partial charge on any atom is -0.336 e. The number of imidazole rings is 1. The van der Waals surface area contributed by atoms with E-state index in [9.17, 15) is 0 Å². The van der Waals surface area contributed by atoms with E-state index < -0.39 is 0 Å². The second kappa shape index (κ2) is 2.78. The van der Waals surface area contributed by atoms with Gasteiger partial charge in [-0.25, -0.2) is 9.97 Å². The summed E-state index contributed by atoms with van der Waals surface area (Å²) in [5.74, 6) is 0.877. The Labute approximate surface area is 88.7 Å². The normalized spacial score (nSPS) is 14.2. The highest BCUT2D eigenvalue weighted by Crippen LogP contribution is 2.25. The highest BCUT2D eigenvalue weighted by atomic mass is 79.9. The maximum absolute atomic E-state index is 4.38. The molecule has 2 aromatic heterocycles. The Kier molecular flexibility index (Phi) is 1.58. The number of allylic oxidation sites excluding steroid dienone is 4. The van der Waals surface area contributed by atoms with Crippen LogP contribution >= 0.6 is 15.9 Å². The molecule has 0 radical (unpaired) electrons. The summed E-state index contributed by atoms with van der Waals surface area (Å²) in [7, 11) is 0. The zero-order valence-electron chi connectivity index (χ0n) is 7.16. The molecule has 0 aliphatic heterocycles. The Bertz CT molecular complexity index is 566. The van der Waals surface area contributed by atoms with Crippen molar-refractivity contribution in [1.29, 1.82) is 0 Å². The first kappa shape index (κ1) is 7.94. The number of nitrogens with one attached hydrogen (secondary N) is 1. The van der Waals surface area contributed by atoms with Gasteiger partial charge in [-0.15, -0.1) is 0 Å². The van der Waals surface area contributed by atoms with Crippen LogP contribution in [0, 0.1) is 0 Å². The molecule has 2 aromatic rings. The highest BCUT2D eigenvalue weighted by molar-refractivity contribution is 9.10. The monoisotopic (exact) mass is 247 g/mol. The van der Waals surface area contributed by atoms with Crippen LogP contribution in [0.2, 0.25) is 0 Å². The molecule has 0 saturated carbocycles. The summed E-state index contributed by atoms with van der Waals surface area (Å²) in [6.45, 7) is 0. The molecule has 0 unspecified atom stereocenters. The third-order valence-corrected chi connectivity index (χ3v) is 2.83. The van der Waals surface area contributed by atoms with E-state index in [1.807, 2.05) is 24.3 Å². The lowest BCUT2D eigenvalue weighted by atomic mass is 10.1. The van der Waals surface area contributed by atoms with Crippen molar-refractivity contribution in [2.24, 2.45) is 0 Å². The van der Waals surface area contributed by atoms with Crippen molar-refractivity contribution in [3.63, 3.8) is 0 Å². The fourth-order valence-corrected chi connectivity index (χ4v) is 1.76. The van der Waals surface area contributed by atoms with Gasteiger partial charge in [0.25, 0.3) is 0 Å². The van der Waals surface area contributed by atoms with Gasteiger partial charge in [0.2, 0.25) is 0 Å². The molecule has 1 aliphatic rings. The minimum absolute atomic E-state index is 0.746. The van der Waals surface area contributed by atoms with Crippen molar-refractivity contribution in [3.8, 4) is 0 Å². The minimum atomic E-state index is 0.746. The summed E-state index contributed by atoms with van der Waals surface area (Å²) in [6, 6.07) is 1.90. The molecule has 4 heteroatoms. The lowest BCUT2D eigenvalue weighted by molar-refractivity contribution is 1.24. The van der Waals surface area contributed by atoms with Crippen molar-refractivity contribution in [2.45, 2.75) is 0 Å². The van der Waals surface area contributed by atoms with Crippen LogP contribution in [-0.4, -0.2) is 15.0 Å². The summed E-state index contributed by atoms with van der Waals surface area (Å²) >= 11 is 3.45. The van der Waals surface area contributed by atoms with Crippen LogP contribution < -0.4 is 0 Å². The Morgan fingerprint density at radius 3 is 2.86 bits per heavy atom. The number of halogens is 1. The molecule has 0 amide bonds. The van der Waals surface area contributed by atoms with Crippen LogP contribution in [0.25, 0.3) is 16.7 Å². The highest BCUT2D eigenvalue weighted by Gasteiger charge is 2.10. The van der Waals surface area contributed by atoms with Gasteiger partial charge in [-0.05, 0) is 22.0 Å². The van der Waals surface area contributed by atoms with E-state index in [2.05, 4.69) is 30.9 Å². The fraction of sp³-hybridized carbons (Fsp3) is 0. The maximum Gasteiger partial charge on any atom is 0.179 e. The number of nitrogens with zero attached hydrogens (tertiary/aromatic N) is 2. The van der Waals surface area contributed by atoms with Gasteiger partial charge in [-0.2, -0.15) is 0 Å². The third kappa shape index (κ3) is 1.04. The van der Waals surface area contributed by atoms with Crippen molar-refractivity contribution in [3.05, 3.63) is 40.8 Å². The molecule has 68 valence electrons. The standard InChI is InChI=1S/C10H6BrN3/c11-7-4-5-12-10-8(7)13-9(14-10)6-2-1-3-6/h1-5H,(H,12,13,14). The van der Waals surface area contributed by atoms with Gasteiger partial charge in [0.15, 0.2) is 5.65 Å². The summed E-state index contributed by atoms with van der Waals surface area (Å²) in [4.78, 5) is 11.8. The summed E-state index contributed by atoms with van der Waals surface area (Å²) in [6.07, 6.45) is 7.77. The summed E-state index contributed by atoms with van der Waals surface area (Å²) in [5.41, 5.74) is 2.81. The van der Waals surface area contributed by atoms with Crippen molar-refractivity contribution in [2.75, 3.05) is 0 Å². The van der Waals surface area contributed by atoms with Gasteiger partial charge >= 0.3 is 0 Å². The SMILES string of the molecule is Brc1ccnc2nc(C3=CC=C3)[nH]c12. The number of H-pyrrole nitrogens is 1. The van der Waals surface area contributed by atoms with Gasteiger partial charge in [-0.3, -0.25) is 0 Å². The average Bonchev–Trinajstić information content (AvgIpc) is 2.46. The molecule has 0 saturated heterocycles. The molecular formula is C10H6BrN3. The van der Waals surface area contributed by atoms with Crippen LogP contribution in [0.3, 0.4) is 0 Å². The van der Waals surface area contributed by atoms with Crippen molar-refractivity contribution in [1.82, 2.24) is 15.0 Å². The summed E-state index contributed by atoms with van der Waals surface area (Å²) < 4.78 is 0.991. The predicted molar refractivity (Wildman–Crippen MR) is 58.7 cm³/mol. The number of fused-ring (bicyclic) bond motifs is 1. The van der Waals surface area contributed by atoms with Crippen molar-refractivity contribution >= 4 is 32.7 Å². The number of rotatable bonds is 1. The molecule has 3 nitrogen and oxygen atoms in total. The predicted octanol–water partition coefficient (Wildman–Crippen LogP) is 2.67. The number of hydrogen-bond acceptors (Lipinski definition) is 2. The van der Waals surface area contributed by atoms with Crippen LogP contribution in [0.5, 0.6) is 0 Å². The van der Waals surface area contributed by atoms with E-state index in [1.54, 1.807) is 6.20 Å². The molecule has 2 heterocycles. The average molecular weight is 248 g/mol. The molecule has 0 fully saturated rings. The van der Waals surface area contributed by atoms with E-state index >= 15 is 0 Å². The van der Waals surface area contributed by atoms with Crippen molar-refractivity contribution < 1.29 is 0 Å². The molecule has 1 aliphatic carbocycles. The zero-order valence-corrected chi connectivity index (χ0v) is 8.75. The van der Waals surface area contributed by atoms with Crippen LogP contribution in [0.4, 0.5) is 0 Å². The Hall–Kier alpha value is -1.42. The first-order valence-electron chi connectivity index (χ1n) is 4.23. The van der Waals surface area contributed by atoms with Gasteiger partial charge < -0.3 is 4.98 Å². The van der Waals surface area contributed by atoms with E-state index in [-0.39, 0.29) is 0 Å². The lowest BCUT2D eigenvalue weighted by Gasteiger charge is -2.01.